The lowest BCUT2D eigenvalue weighted by Gasteiger charge is -2.17. The lowest BCUT2D eigenvalue weighted by Crippen LogP contribution is -2.14. The van der Waals surface area contributed by atoms with Crippen molar-refractivity contribution in [2.75, 3.05) is 48.8 Å². The highest BCUT2D eigenvalue weighted by Gasteiger charge is 2.24. The minimum absolute atomic E-state index is 0.0316. The Hall–Kier alpha value is -6.23. The number of hydrogen-bond donors (Lipinski definition) is 0. The number of carbonyl (C=O) groups excluding carboxylic acids is 1. The predicted molar refractivity (Wildman–Crippen MR) is 190 cm³/mol. The molecular formula is C39H37NO10. The molecule has 2 aromatic heterocycles. The van der Waals surface area contributed by atoms with Crippen molar-refractivity contribution >= 4 is 28.9 Å². The van der Waals surface area contributed by atoms with Crippen molar-refractivity contribution in [1.29, 1.82) is 0 Å². The van der Waals surface area contributed by atoms with E-state index in [-0.39, 0.29) is 47.2 Å². The van der Waals surface area contributed by atoms with Gasteiger partial charge in [0, 0.05) is 35.9 Å². The summed E-state index contributed by atoms with van der Waals surface area (Å²) in [5.41, 5.74) is 1.68. The van der Waals surface area contributed by atoms with Gasteiger partial charge in [0.15, 0.2) is 23.0 Å². The fourth-order valence-electron chi connectivity index (χ4n) is 5.09. The predicted octanol–water partition coefficient (Wildman–Crippen LogP) is 7.04. The van der Waals surface area contributed by atoms with Crippen molar-refractivity contribution in [1.82, 2.24) is 4.98 Å². The molecule has 5 aromatic rings. The van der Waals surface area contributed by atoms with E-state index < -0.39 is 5.43 Å². The summed E-state index contributed by atoms with van der Waals surface area (Å²) in [6.07, 6.45) is 8.36. The van der Waals surface area contributed by atoms with E-state index in [1.54, 1.807) is 42.6 Å². The number of ketones is 1. The van der Waals surface area contributed by atoms with Gasteiger partial charge in [0.2, 0.25) is 16.9 Å². The number of pyridine rings is 1. The maximum atomic E-state index is 14.1. The second kappa shape index (κ2) is 16.7. The molecule has 3 aromatic carbocycles. The molecule has 0 aliphatic rings. The molecule has 11 heteroatoms. The molecule has 0 amide bonds. The summed E-state index contributed by atoms with van der Waals surface area (Å²) in [6.45, 7) is 0.373. The summed E-state index contributed by atoms with van der Waals surface area (Å²) in [5, 5.41) is 0.195. The van der Waals surface area contributed by atoms with Crippen LogP contribution in [-0.2, 0) is 4.79 Å². The molecule has 0 N–H and O–H groups in total. The summed E-state index contributed by atoms with van der Waals surface area (Å²) in [4.78, 5) is 30.7. The first-order valence-electron chi connectivity index (χ1n) is 15.6. The van der Waals surface area contributed by atoms with E-state index in [4.69, 9.17) is 37.6 Å². The van der Waals surface area contributed by atoms with E-state index in [0.29, 0.717) is 46.4 Å². The van der Waals surface area contributed by atoms with E-state index in [0.717, 1.165) is 5.56 Å². The Morgan fingerprint density at radius 2 is 1.42 bits per heavy atom. The summed E-state index contributed by atoms with van der Waals surface area (Å²) in [6, 6.07) is 19.4. The van der Waals surface area contributed by atoms with E-state index >= 15 is 0 Å². The number of rotatable bonds is 16. The Morgan fingerprint density at radius 3 is 2.10 bits per heavy atom. The number of para-hydroxylation sites is 1. The molecular weight excluding hydrogens is 642 g/mol. The molecule has 0 aliphatic heterocycles. The molecule has 0 radical (unpaired) electrons. The zero-order chi connectivity index (χ0) is 35.5. The average molecular weight is 680 g/mol. The van der Waals surface area contributed by atoms with Crippen LogP contribution in [0.5, 0.6) is 40.2 Å². The zero-order valence-corrected chi connectivity index (χ0v) is 28.4. The number of carbonyl (C=O) groups is 1. The largest absolute Gasteiger partial charge is 0.496 e. The van der Waals surface area contributed by atoms with Crippen LogP contribution in [0.3, 0.4) is 0 Å². The fourth-order valence-corrected chi connectivity index (χ4v) is 5.09. The van der Waals surface area contributed by atoms with Crippen LogP contribution >= 0.6 is 0 Å². The van der Waals surface area contributed by atoms with E-state index in [1.165, 1.54) is 47.7 Å². The van der Waals surface area contributed by atoms with Crippen LogP contribution in [0.15, 0.2) is 94.3 Å². The molecule has 0 saturated heterocycles. The van der Waals surface area contributed by atoms with Crippen molar-refractivity contribution in [3.63, 3.8) is 0 Å². The minimum atomic E-state index is -0.437. The van der Waals surface area contributed by atoms with Gasteiger partial charge in [-0.15, -0.1) is 0 Å². The Labute approximate surface area is 289 Å². The van der Waals surface area contributed by atoms with Crippen molar-refractivity contribution in [3.8, 4) is 51.6 Å². The molecule has 0 spiro atoms. The Kier molecular flexibility index (Phi) is 11.7. The molecule has 258 valence electrons. The lowest BCUT2D eigenvalue weighted by atomic mass is 10.1. The molecule has 5 rings (SSSR count). The monoisotopic (exact) mass is 679 g/mol. The maximum absolute atomic E-state index is 14.1. The number of ether oxygens (including phenoxy) is 7. The van der Waals surface area contributed by atoms with E-state index in [2.05, 4.69) is 4.98 Å². The number of allylic oxidation sites excluding steroid dienone is 2. The van der Waals surface area contributed by atoms with Crippen LogP contribution in [0.25, 0.3) is 34.4 Å². The van der Waals surface area contributed by atoms with Gasteiger partial charge in [-0.25, -0.2) is 0 Å². The first-order chi connectivity index (χ1) is 24.4. The molecule has 0 atom stereocenters. The van der Waals surface area contributed by atoms with Crippen LogP contribution in [0, 0.1) is 0 Å². The van der Waals surface area contributed by atoms with E-state index in [9.17, 15) is 9.59 Å². The van der Waals surface area contributed by atoms with Gasteiger partial charge in [0.05, 0.1) is 54.5 Å². The summed E-state index contributed by atoms with van der Waals surface area (Å²) in [7, 11) is 7.46. The lowest BCUT2D eigenvalue weighted by molar-refractivity contribution is -0.110. The summed E-state index contributed by atoms with van der Waals surface area (Å²) >= 11 is 0. The van der Waals surface area contributed by atoms with E-state index in [1.807, 2.05) is 42.5 Å². The van der Waals surface area contributed by atoms with Crippen molar-refractivity contribution in [2.45, 2.75) is 6.42 Å². The van der Waals surface area contributed by atoms with Crippen LogP contribution < -0.4 is 38.6 Å². The normalized spacial score (nSPS) is 11.1. The molecule has 2 heterocycles. The average Bonchev–Trinajstić information content (AvgIpc) is 3.16. The molecule has 0 saturated carbocycles. The SMILES string of the molecule is COc1cc(OC)c2c(=O)c(OCCCOc3ccccc3/C=C/C(=O)/C=C/c3ccccn3)c(-c3cc(OC)c(OC)c(OC)c3)oc2c1. The number of nitrogens with zero attached hydrogens (tertiary/aromatic N) is 1. The van der Waals surface area contributed by atoms with Crippen LogP contribution in [-0.4, -0.2) is 59.5 Å². The molecule has 0 unspecified atom stereocenters. The van der Waals surface area contributed by atoms with Gasteiger partial charge in [-0.05, 0) is 54.6 Å². The number of methoxy groups -OCH3 is 5. The van der Waals surface area contributed by atoms with Crippen LogP contribution in [0.4, 0.5) is 0 Å². The third-order valence-electron chi connectivity index (χ3n) is 7.52. The summed E-state index contributed by atoms with van der Waals surface area (Å²) in [5.74, 6) is 2.35. The van der Waals surface area contributed by atoms with Crippen LogP contribution in [0.1, 0.15) is 17.7 Å². The fraction of sp³-hybridized carbons (Fsp3) is 0.205. The van der Waals surface area contributed by atoms with Gasteiger partial charge in [-0.1, -0.05) is 24.3 Å². The zero-order valence-electron chi connectivity index (χ0n) is 28.4. The second-order valence-corrected chi connectivity index (χ2v) is 10.6. The molecule has 0 fully saturated rings. The third-order valence-corrected chi connectivity index (χ3v) is 7.52. The van der Waals surface area contributed by atoms with Gasteiger partial charge < -0.3 is 37.6 Å². The first-order valence-corrected chi connectivity index (χ1v) is 15.6. The van der Waals surface area contributed by atoms with Gasteiger partial charge in [0.1, 0.15) is 28.2 Å². The number of aromatic nitrogens is 1. The Bertz CT molecular complexity index is 2040. The standard InChI is InChI=1S/C39H37NO10/c1-43-29-23-31(44-2)35-32(24-29)50-37(26-21-33(45-3)38(47-5)34(22-26)46-4)39(36(35)42)49-20-10-19-48-30-13-7-6-11-25(30)14-16-28(41)17-15-27-12-8-9-18-40-27/h6-9,11-18,21-24H,10,19-20H2,1-5H3/b16-14+,17-15+. The van der Waals surface area contributed by atoms with Gasteiger partial charge in [-0.3, -0.25) is 14.6 Å². The highest BCUT2D eigenvalue weighted by atomic mass is 16.5. The van der Waals surface area contributed by atoms with Crippen LogP contribution in [0.2, 0.25) is 0 Å². The smallest absolute Gasteiger partial charge is 0.239 e. The maximum Gasteiger partial charge on any atom is 0.239 e. The van der Waals surface area contributed by atoms with Crippen molar-refractivity contribution < 1.29 is 42.4 Å². The Morgan fingerprint density at radius 1 is 0.720 bits per heavy atom. The first kappa shape index (κ1) is 35.1. The third kappa shape index (κ3) is 8.07. The van der Waals surface area contributed by atoms with Gasteiger partial charge in [0.25, 0.3) is 0 Å². The molecule has 0 bridgehead atoms. The highest BCUT2D eigenvalue weighted by molar-refractivity contribution is 6.04. The summed E-state index contributed by atoms with van der Waals surface area (Å²) < 4.78 is 46.0. The quantitative estimate of drug-likeness (QED) is 0.0788. The molecule has 11 nitrogen and oxygen atoms in total. The van der Waals surface area contributed by atoms with Crippen molar-refractivity contribution in [3.05, 3.63) is 107 Å². The van der Waals surface area contributed by atoms with Crippen molar-refractivity contribution in [2.24, 2.45) is 0 Å². The van der Waals surface area contributed by atoms with Gasteiger partial charge in [-0.2, -0.15) is 0 Å². The number of hydrogen-bond acceptors (Lipinski definition) is 11. The minimum Gasteiger partial charge on any atom is -0.496 e. The number of benzene rings is 3. The van der Waals surface area contributed by atoms with Gasteiger partial charge >= 0.3 is 0 Å². The second-order valence-electron chi connectivity index (χ2n) is 10.6. The molecule has 50 heavy (non-hydrogen) atoms. The Balaban J connectivity index is 1.37. The topological polar surface area (TPSA) is 125 Å². The molecule has 0 aliphatic carbocycles. The number of fused-ring (bicyclic) bond motifs is 1. The highest BCUT2D eigenvalue weighted by Crippen LogP contribution is 2.44.